The van der Waals surface area contributed by atoms with E-state index in [2.05, 4.69) is 15.0 Å². The van der Waals surface area contributed by atoms with E-state index in [4.69, 9.17) is 9.47 Å². The Labute approximate surface area is 204 Å². The van der Waals surface area contributed by atoms with Crippen LogP contribution in [0.25, 0.3) is 21.8 Å². The second-order valence-electron chi connectivity index (χ2n) is 10.2. The zero-order chi connectivity index (χ0) is 23.9. The number of nitrogens with zero attached hydrogens (tertiary/aromatic N) is 4. The molecule has 1 atom stereocenters. The van der Waals surface area contributed by atoms with Crippen LogP contribution in [-0.4, -0.2) is 89.6 Å². The highest BCUT2D eigenvalue weighted by atomic mass is 16.5. The molecule has 3 aromatic rings. The number of amides is 1. The van der Waals surface area contributed by atoms with Gasteiger partial charge in [0.15, 0.2) is 0 Å². The van der Waals surface area contributed by atoms with Gasteiger partial charge in [0.1, 0.15) is 0 Å². The Morgan fingerprint density at radius 2 is 2.00 bits per heavy atom. The van der Waals surface area contributed by atoms with Gasteiger partial charge in [0.05, 0.1) is 41.9 Å². The molecule has 3 fully saturated rings. The van der Waals surface area contributed by atoms with E-state index < -0.39 is 0 Å². The van der Waals surface area contributed by atoms with Crippen molar-refractivity contribution in [1.82, 2.24) is 24.6 Å². The van der Waals surface area contributed by atoms with Crippen LogP contribution in [0.3, 0.4) is 0 Å². The molecule has 0 unspecified atom stereocenters. The van der Waals surface area contributed by atoms with E-state index in [1.54, 1.807) is 6.20 Å². The summed E-state index contributed by atoms with van der Waals surface area (Å²) in [6.07, 6.45) is 5.11. The van der Waals surface area contributed by atoms with Gasteiger partial charge in [0.25, 0.3) is 11.5 Å². The maximum atomic E-state index is 13.6. The first-order valence-electron chi connectivity index (χ1n) is 12.8. The van der Waals surface area contributed by atoms with Gasteiger partial charge in [-0.2, -0.15) is 5.10 Å². The number of benzene rings is 1. The number of aryl methyl sites for hydroxylation is 1. The lowest BCUT2D eigenvalue weighted by molar-refractivity contribution is 0.0538. The fraction of sp³-hybridized carbons (Fsp3) is 0.577. The van der Waals surface area contributed by atoms with Crippen LogP contribution in [0.4, 0.5) is 0 Å². The smallest absolute Gasteiger partial charge is 0.259 e. The molecule has 9 heteroatoms. The van der Waals surface area contributed by atoms with Gasteiger partial charge in [0.2, 0.25) is 0 Å². The van der Waals surface area contributed by atoms with Crippen molar-refractivity contribution in [1.29, 1.82) is 0 Å². The van der Waals surface area contributed by atoms with Crippen molar-refractivity contribution in [3.8, 4) is 0 Å². The number of H-pyrrole nitrogens is 1. The fourth-order valence-corrected chi connectivity index (χ4v) is 5.29. The number of hydrogen-bond acceptors (Lipinski definition) is 6. The second-order valence-corrected chi connectivity index (χ2v) is 10.2. The van der Waals surface area contributed by atoms with Crippen molar-refractivity contribution >= 4 is 27.7 Å². The van der Waals surface area contributed by atoms with Crippen LogP contribution < -0.4 is 5.56 Å². The molecule has 1 aliphatic carbocycles. The number of pyridine rings is 1. The number of rotatable bonds is 7. The summed E-state index contributed by atoms with van der Waals surface area (Å²) >= 11 is 0. The third-order valence-electron chi connectivity index (χ3n) is 7.65. The SMILES string of the molecule is Cc1cc2[nH]c(=O)c3cnn([C@H]4CCOC4)c3c2cc1C(=O)N1CCN(CCOCC2CC2)CC1. The van der Waals surface area contributed by atoms with Gasteiger partial charge in [-0.1, -0.05) is 0 Å². The van der Waals surface area contributed by atoms with Crippen molar-refractivity contribution in [2.75, 3.05) is 59.2 Å². The minimum atomic E-state index is -0.159. The summed E-state index contributed by atoms with van der Waals surface area (Å²) < 4.78 is 13.3. The Balaban J connectivity index is 1.23. The van der Waals surface area contributed by atoms with Gasteiger partial charge >= 0.3 is 0 Å². The Bertz CT molecular complexity index is 1300. The largest absolute Gasteiger partial charge is 0.380 e. The van der Waals surface area contributed by atoms with Crippen LogP contribution in [0.15, 0.2) is 23.1 Å². The maximum Gasteiger partial charge on any atom is 0.259 e. The quantitative estimate of drug-likeness (QED) is 0.523. The van der Waals surface area contributed by atoms with E-state index in [0.717, 1.165) is 67.2 Å². The summed E-state index contributed by atoms with van der Waals surface area (Å²) in [6, 6.07) is 3.95. The molecule has 0 spiro atoms. The zero-order valence-electron chi connectivity index (χ0n) is 20.3. The first-order valence-corrected chi connectivity index (χ1v) is 12.8. The zero-order valence-corrected chi connectivity index (χ0v) is 20.3. The minimum Gasteiger partial charge on any atom is -0.380 e. The van der Waals surface area contributed by atoms with E-state index in [1.165, 1.54) is 12.8 Å². The molecule has 0 radical (unpaired) electrons. The molecule has 4 heterocycles. The summed E-state index contributed by atoms with van der Waals surface area (Å²) in [4.78, 5) is 33.6. The van der Waals surface area contributed by atoms with Crippen LogP contribution in [0.5, 0.6) is 0 Å². The highest BCUT2D eigenvalue weighted by Gasteiger charge is 2.26. The predicted octanol–water partition coefficient (Wildman–Crippen LogP) is 2.33. The number of hydrogen-bond donors (Lipinski definition) is 1. The summed E-state index contributed by atoms with van der Waals surface area (Å²) in [5.74, 6) is 0.836. The lowest BCUT2D eigenvalue weighted by atomic mass is 10.0. The highest BCUT2D eigenvalue weighted by molar-refractivity contribution is 6.07. The van der Waals surface area contributed by atoms with Gasteiger partial charge in [-0.3, -0.25) is 19.2 Å². The van der Waals surface area contributed by atoms with E-state index in [1.807, 2.05) is 28.6 Å². The number of aromatic amines is 1. The lowest BCUT2D eigenvalue weighted by Crippen LogP contribution is -2.49. The topological polar surface area (TPSA) is 92.7 Å². The van der Waals surface area contributed by atoms with Crippen molar-refractivity contribution < 1.29 is 14.3 Å². The van der Waals surface area contributed by atoms with Crippen molar-refractivity contribution in [2.24, 2.45) is 5.92 Å². The molecule has 2 aliphatic heterocycles. The summed E-state index contributed by atoms with van der Waals surface area (Å²) in [5, 5.41) is 5.93. The van der Waals surface area contributed by atoms with Crippen LogP contribution in [-0.2, 0) is 9.47 Å². The van der Waals surface area contributed by atoms with Crippen molar-refractivity contribution in [3.05, 3.63) is 39.8 Å². The number of fused-ring (bicyclic) bond motifs is 3. The standard InChI is InChI=1S/C26H33N5O4/c1-17-12-23-21(24-22(25(32)28-23)14-27-31(24)19-4-10-34-16-19)13-20(17)26(33)30-7-5-29(6-8-30)9-11-35-15-18-2-3-18/h12-14,18-19H,2-11,15-16H2,1H3,(H,28,32)/t19-/m0/s1. The lowest BCUT2D eigenvalue weighted by Gasteiger charge is -2.35. The van der Waals surface area contributed by atoms with Gasteiger partial charge in [-0.15, -0.1) is 0 Å². The molecule has 6 rings (SSSR count). The van der Waals surface area contributed by atoms with Crippen LogP contribution in [0.1, 0.15) is 41.2 Å². The molecule has 1 N–H and O–H groups in total. The maximum absolute atomic E-state index is 13.6. The summed E-state index contributed by atoms with van der Waals surface area (Å²) in [6.45, 7) is 8.91. The molecule has 186 valence electrons. The average molecular weight is 480 g/mol. The second kappa shape index (κ2) is 9.37. The molecule has 9 nitrogen and oxygen atoms in total. The summed E-state index contributed by atoms with van der Waals surface area (Å²) in [5.41, 5.74) is 2.90. The Kier molecular flexibility index (Phi) is 6.07. The van der Waals surface area contributed by atoms with Crippen molar-refractivity contribution in [2.45, 2.75) is 32.2 Å². The van der Waals surface area contributed by atoms with Gasteiger partial charge < -0.3 is 19.4 Å². The number of nitrogens with one attached hydrogen (secondary N) is 1. The Morgan fingerprint density at radius 3 is 2.74 bits per heavy atom. The number of carbonyl (C=O) groups excluding carboxylic acids is 1. The number of ether oxygens (including phenoxy) is 2. The van der Waals surface area contributed by atoms with Crippen LogP contribution in [0, 0.1) is 12.8 Å². The van der Waals surface area contributed by atoms with Gasteiger partial charge in [0, 0.05) is 56.9 Å². The third kappa shape index (κ3) is 4.48. The van der Waals surface area contributed by atoms with E-state index in [9.17, 15) is 9.59 Å². The van der Waals surface area contributed by atoms with Gasteiger partial charge in [-0.05, 0) is 49.8 Å². The predicted molar refractivity (Wildman–Crippen MR) is 133 cm³/mol. The number of carbonyl (C=O) groups is 1. The van der Waals surface area contributed by atoms with E-state index in [-0.39, 0.29) is 17.5 Å². The normalized spacial score (nSPS) is 21.4. The fourth-order valence-electron chi connectivity index (χ4n) is 5.29. The number of aromatic nitrogens is 3. The molecule has 2 saturated heterocycles. The number of piperazine rings is 1. The molecule has 1 saturated carbocycles. The Hall–Kier alpha value is -2.75. The minimum absolute atomic E-state index is 0.0450. The first kappa shape index (κ1) is 22.7. The average Bonchev–Trinajstić information content (AvgIpc) is 3.32. The Morgan fingerprint density at radius 1 is 1.17 bits per heavy atom. The monoisotopic (exact) mass is 479 g/mol. The van der Waals surface area contributed by atoms with E-state index in [0.29, 0.717) is 37.3 Å². The molecule has 1 aromatic carbocycles. The van der Waals surface area contributed by atoms with Crippen LogP contribution >= 0.6 is 0 Å². The summed E-state index contributed by atoms with van der Waals surface area (Å²) in [7, 11) is 0. The first-order chi connectivity index (χ1) is 17.1. The highest BCUT2D eigenvalue weighted by Crippen LogP contribution is 2.30. The molecule has 2 aromatic heterocycles. The van der Waals surface area contributed by atoms with Gasteiger partial charge in [-0.25, -0.2) is 0 Å². The van der Waals surface area contributed by atoms with E-state index >= 15 is 0 Å². The molecular formula is C26H33N5O4. The molecule has 35 heavy (non-hydrogen) atoms. The molecule has 1 amide bonds. The van der Waals surface area contributed by atoms with Crippen molar-refractivity contribution in [3.63, 3.8) is 0 Å². The molecule has 3 aliphatic rings. The third-order valence-corrected chi connectivity index (χ3v) is 7.65. The molecule has 0 bridgehead atoms. The molecular weight excluding hydrogens is 446 g/mol. The van der Waals surface area contributed by atoms with Crippen LogP contribution in [0.2, 0.25) is 0 Å².